The minimum atomic E-state index is -1.25. The molecule has 19 heavy (non-hydrogen) atoms. The number of rotatable bonds is 3. The standard InChI is InChI=1S/C11H7BrFN3O3/c12-6-3-8(13)10(15-5-6)19-7-1-2-14-9(4-7)16-11(17)18/h1-5H,(H,14,16)(H,17,18). The number of hydrogen-bond acceptors (Lipinski definition) is 4. The first kappa shape index (κ1) is 13.2. The fourth-order valence-corrected chi connectivity index (χ4v) is 1.54. The number of pyridine rings is 2. The van der Waals surface area contributed by atoms with Crippen molar-refractivity contribution in [3.63, 3.8) is 0 Å². The monoisotopic (exact) mass is 327 g/mol. The van der Waals surface area contributed by atoms with Gasteiger partial charge in [-0.2, -0.15) is 0 Å². The molecule has 0 saturated carbocycles. The van der Waals surface area contributed by atoms with Crippen molar-refractivity contribution < 1.29 is 19.0 Å². The summed E-state index contributed by atoms with van der Waals surface area (Å²) >= 11 is 3.08. The smallest absolute Gasteiger partial charge is 0.410 e. The first-order valence-electron chi connectivity index (χ1n) is 4.99. The number of aromatic nitrogens is 2. The van der Waals surface area contributed by atoms with Crippen LogP contribution >= 0.6 is 15.9 Å². The molecule has 0 aliphatic carbocycles. The molecule has 0 atom stereocenters. The predicted octanol–water partition coefficient (Wildman–Crippen LogP) is 3.26. The van der Waals surface area contributed by atoms with E-state index in [1.807, 2.05) is 0 Å². The quantitative estimate of drug-likeness (QED) is 0.903. The number of nitrogens with one attached hydrogen (secondary N) is 1. The molecular formula is C11H7BrFN3O3. The van der Waals surface area contributed by atoms with Crippen LogP contribution in [0.5, 0.6) is 11.6 Å². The second-order valence-electron chi connectivity index (χ2n) is 3.35. The van der Waals surface area contributed by atoms with Crippen LogP contribution in [0.1, 0.15) is 0 Å². The lowest BCUT2D eigenvalue weighted by Crippen LogP contribution is -2.08. The minimum Gasteiger partial charge on any atom is -0.465 e. The number of halogens is 2. The lowest BCUT2D eigenvalue weighted by molar-refractivity contribution is 0.209. The summed E-state index contributed by atoms with van der Waals surface area (Å²) in [7, 11) is 0. The van der Waals surface area contributed by atoms with E-state index in [0.29, 0.717) is 4.47 Å². The molecule has 2 N–H and O–H groups in total. The van der Waals surface area contributed by atoms with Gasteiger partial charge < -0.3 is 9.84 Å². The Kier molecular flexibility index (Phi) is 3.91. The average Bonchev–Trinajstić information content (AvgIpc) is 2.32. The van der Waals surface area contributed by atoms with Crippen LogP contribution in [0.4, 0.5) is 15.0 Å². The molecule has 0 aliphatic rings. The molecule has 0 bridgehead atoms. The Bertz CT molecular complexity index is 624. The fraction of sp³-hybridized carbons (Fsp3) is 0. The summed E-state index contributed by atoms with van der Waals surface area (Å²) in [5.41, 5.74) is 0. The molecule has 2 heterocycles. The highest BCUT2D eigenvalue weighted by molar-refractivity contribution is 9.10. The lowest BCUT2D eigenvalue weighted by atomic mass is 10.4. The van der Waals surface area contributed by atoms with Crippen molar-refractivity contribution >= 4 is 27.8 Å². The second kappa shape index (κ2) is 5.61. The molecule has 6 nitrogen and oxygen atoms in total. The van der Waals surface area contributed by atoms with Gasteiger partial charge in [-0.3, -0.25) is 5.32 Å². The average molecular weight is 328 g/mol. The lowest BCUT2D eigenvalue weighted by Gasteiger charge is -2.07. The van der Waals surface area contributed by atoms with Crippen molar-refractivity contribution in [1.82, 2.24) is 9.97 Å². The Morgan fingerprint density at radius 1 is 1.42 bits per heavy atom. The van der Waals surface area contributed by atoms with E-state index >= 15 is 0 Å². The zero-order valence-corrected chi connectivity index (χ0v) is 10.9. The number of carboxylic acid groups (broad SMARTS) is 1. The van der Waals surface area contributed by atoms with Crippen molar-refractivity contribution in [2.75, 3.05) is 5.32 Å². The maximum Gasteiger partial charge on any atom is 0.410 e. The number of carbonyl (C=O) groups is 1. The van der Waals surface area contributed by atoms with Gasteiger partial charge in [0.05, 0.1) is 0 Å². The van der Waals surface area contributed by atoms with Gasteiger partial charge in [-0.1, -0.05) is 0 Å². The zero-order valence-electron chi connectivity index (χ0n) is 9.30. The minimum absolute atomic E-state index is 0.0718. The summed E-state index contributed by atoms with van der Waals surface area (Å²) in [5, 5.41) is 10.6. The molecule has 0 unspecified atom stereocenters. The van der Waals surface area contributed by atoms with E-state index in [2.05, 4.69) is 31.2 Å². The first-order chi connectivity index (χ1) is 9.04. The third kappa shape index (κ3) is 3.62. The van der Waals surface area contributed by atoms with E-state index in [0.717, 1.165) is 0 Å². The van der Waals surface area contributed by atoms with Crippen LogP contribution in [0.3, 0.4) is 0 Å². The van der Waals surface area contributed by atoms with E-state index in [4.69, 9.17) is 9.84 Å². The van der Waals surface area contributed by atoms with Crippen LogP contribution in [0, 0.1) is 5.82 Å². The molecule has 8 heteroatoms. The zero-order chi connectivity index (χ0) is 13.8. The largest absolute Gasteiger partial charge is 0.465 e. The van der Waals surface area contributed by atoms with Gasteiger partial charge in [-0.15, -0.1) is 0 Å². The Morgan fingerprint density at radius 2 is 2.21 bits per heavy atom. The summed E-state index contributed by atoms with van der Waals surface area (Å²) in [6.07, 6.45) is 1.46. The molecule has 2 rings (SSSR count). The van der Waals surface area contributed by atoms with E-state index in [1.165, 1.54) is 30.6 Å². The number of amides is 1. The van der Waals surface area contributed by atoms with Gasteiger partial charge in [-0.05, 0) is 28.1 Å². The van der Waals surface area contributed by atoms with Crippen molar-refractivity contribution in [2.24, 2.45) is 0 Å². The van der Waals surface area contributed by atoms with Crippen molar-refractivity contribution in [1.29, 1.82) is 0 Å². The maximum absolute atomic E-state index is 13.5. The van der Waals surface area contributed by atoms with Gasteiger partial charge in [0.1, 0.15) is 11.6 Å². The summed E-state index contributed by atoms with van der Waals surface area (Å²) in [4.78, 5) is 18.0. The van der Waals surface area contributed by atoms with E-state index in [1.54, 1.807) is 0 Å². The van der Waals surface area contributed by atoms with Crippen molar-refractivity contribution in [3.8, 4) is 11.6 Å². The molecule has 0 aromatic carbocycles. The van der Waals surface area contributed by atoms with Crippen molar-refractivity contribution in [2.45, 2.75) is 0 Å². The van der Waals surface area contributed by atoms with E-state index < -0.39 is 11.9 Å². The summed E-state index contributed by atoms with van der Waals surface area (Å²) in [6.45, 7) is 0. The fourth-order valence-electron chi connectivity index (χ4n) is 1.24. The van der Waals surface area contributed by atoms with Crippen LogP contribution in [0.15, 0.2) is 35.1 Å². The molecule has 2 aromatic heterocycles. The number of ether oxygens (including phenoxy) is 1. The highest BCUT2D eigenvalue weighted by Gasteiger charge is 2.08. The molecule has 0 radical (unpaired) electrons. The summed E-state index contributed by atoms with van der Waals surface area (Å²) in [6, 6.07) is 3.98. The molecule has 0 aliphatic heterocycles. The molecule has 2 aromatic rings. The molecule has 98 valence electrons. The molecule has 1 amide bonds. The maximum atomic E-state index is 13.5. The first-order valence-corrected chi connectivity index (χ1v) is 5.79. The number of hydrogen-bond donors (Lipinski definition) is 2. The summed E-state index contributed by atoms with van der Waals surface area (Å²) < 4.78 is 19.2. The molecular weight excluding hydrogens is 321 g/mol. The number of nitrogens with zero attached hydrogens (tertiary/aromatic N) is 2. The Labute approximate surface area is 115 Å². The van der Waals surface area contributed by atoms with Gasteiger partial charge in [-0.25, -0.2) is 19.2 Å². The van der Waals surface area contributed by atoms with Crippen molar-refractivity contribution in [3.05, 3.63) is 40.9 Å². The SMILES string of the molecule is O=C(O)Nc1cc(Oc2ncc(Br)cc2F)ccn1. The highest BCUT2D eigenvalue weighted by Crippen LogP contribution is 2.25. The van der Waals surface area contributed by atoms with Gasteiger partial charge in [0, 0.05) is 22.9 Å². The van der Waals surface area contributed by atoms with Gasteiger partial charge >= 0.3 is 6.09 Å². The topological polar surface area (TPSA) is 84.3 Å². The van der Waals surface area contributed by atoms with Gasteiger partial charge in [0.2, 0.25) is 0 Å². The second-order valence-corrected chi connectivity index (χ2v) is 4.27. The van der Waals surface area contributed by atoms with Crippen LogP contribution in [0.2, 0.25) is 0 Å². The third-order valence-electron chi connectivity index (χ3n) is 1.95. The molecule has 0 spiro atoms. The van der Waals surface area contributed by atoms with Gasteiger partial charge in [0.25, 0.3) is 5.88 Å². The normalized spacial score (nSPS) is 10.0. The van der Waals surface area contributed by atoms with E-state index in [9.17, 15) is 9.18 Å². The van der Waals surface area contributed by atoms with Crippen LogP contribution in [-0.2, 0) is 0 Å². The van der Waals surface area contributed by atoms with E-state index in [-0.39, 0.29) is 17.4 Å². The van der Waals surface area contributed by atoms with Gasteiger partial charge in [0.15, 0.2) is 5.82 Å². The Hall–Kier alpha value is -2.22. The Morgan fingerprint density at radius 3 is 2.89 bits per heavy atom. The third-order valence-corrected chi connectivity index (χ3v) is 2.39. The van der Waals surface area contributed by atoms with Crippen LogP contribution < -0.4 is 10.1 Å². The molecule has 0 saturated heterocycles. The van der Waals surface area contributed by atoms with Crippen LogP contribution in [-0.4, -0.2) is 21.2 Å². The predicted molar refractivity (Wildman–Crippen MR) is 67.9 cm³/mol. The summed E-state index contributed by atoms with van der Waals surface area (Å²) in [5.74, 6) is -0.565. The molecule has 0 fully saturated rings. The van der Waals surface area contributed by atoms with Crippen LogP contribution in [0.25, 0.3) is 0 Å². The Balaban J connectivity index is 2.21. The highest BCUT2D eigenvalue weighted by atomic mass is 79.9. The number of anilines is 1.